The molecule has 3 aromatic rings. The number of nitrogens with zero attached hydrogens (tertiary/aromatic N) is 6. The van der Waals surface area contributed by atoms with Gasteiger partial charge in [-0.1, -0.05) is 12.1 Å². The highest BCUT2D eigenvalue weighted by Gasteiger charge is 2.31. The highest BCUT2D eigenvalue weighted by Crippen LogP contribution is 2.26. The van der Waals surface area contributed by atoms with E-state index in [1.54, 1.807) is 10.8 Å². The summed E-state index contributed by atoms with van der Waals surface area (Å²) in [4.78, 5) is 4.75. The first-order chi connectivity index (χ1) is 12.8. The molecule has 0 radical (unpaired) electrons. The van der Waals surface area contributed by atoms with E-state index in [1.807, 2.05) is 12.1 Å². The lowest BCUT2D eigenvalue weighted by Gasteiger charge is -2.44. The highest BCUT2D eigenvalue weighted by atomic mass is 16.5. The molecule has 1 aromatic carbocycles. The fraction of sp³-hybridized carbons (Fsp3) is 0.421. The molecule has 0 saturated carbocycles. The Balaban J connectivity index is 1.16. The van der Waals surface area contributed by atoms with Gasteiger partial charge >= 0.3 is 0 Å². The van der Waals surface area contributed by atoms with Crippen molar-refractivity contribution in [3.8, 4) is 5.75 Å². The van der Waals surface area contributed by atoms with Gasteiger partial charge in [-0.25, -0.2) is 0 Å². The Morgan fingerprint density at radius 2 is 2.15 bits per heavy atom. The average Bonchev–Trinajstić information content (AvgIpc) is 3.26. The fourth-order valence-electron chi connectivity index (χ4n) is 3.69. The number of likely N-dealkylation sites (N-methyl/N-ethyl adjacent to an activating group) is 1. The Bertz CT molecular complexity index is 933. The Hall–Kier alpha value is -2.67. The van der Waals surface area contributed by atoms with Crippen molar-refractivity contribution in [2.75, 3.05) is 38.2 Å². The van der Waals surface area contributed by atoms with Gasteiger partial charge < -0.3 is 9.64 Å². The van der Waals surface area contributed by atoms with Crippen LogP contribution in [0.15, 0.2) is 36.7 Å². The molecule has 0 spiro atoms. The van der Waals surface area contributed by atoms with E-state index in [0.29, 0.717) is 6.04 Å². The maximum Gasteiger partial charge on any atom is 0.177 e. The number of benzene rings is 1. The number of anilines is 1. The van der Waals surface area contributed by atoms with Crippen molar-refractivity contribution in [2.45, 2.75) is 18.9 Å². The molecular formula is C19H22N6O. The standard InChI is InChI=1S/C19H22N6O/c1-23(8-6-14-2-3-17-15(10-14)7-9-26-17)16-11-24(12-16)19-5-4-18-21-20-13-25(18)22-19/h2-5,10,13,16H,6-9,11-12H2,1H3. The molecule has 2 aliphatic heterocycles. The van der Waals surface area contributed by atoms with Crippen LogP contribution in [0.3, 0.4) is 0 Å². The summed E-state index contributed by atoms with van der Waals surface area (Å²) in [6.45, 7) is 3.91. The third-order valence-electron chi connectivity index (χ3n) is 5.46. The van der Waals surface area contributed by atoms with E-state index >= 15 is 0 Å². The van der Waals surface area contributed by atoms with Gasteiger partial charge in [-0.2, -0.15) is 4.52 Å². The molecule has 0 N–H and O–H groups in total. The minimum atomic E-state index is 0.575. The predicted molar refractivity (Wildman–Crippen MR) is 98.8 cm³/mol. The largest absolute Gasteiger partial charge is 0.493 e. The van der Waals surface area contributed by atoms with Gasteiger partial charge in [-0.05, 0) is 42.8 Å². The molecule has 7 nitrogen and oxygen atoms in total. The van der Waals surface area contributed by atoms with Gasteiger partial charge in [0.2, 0.25) is 0 Å². The van der Waals surface area contributed by atoms with Crippen molar-refractivity contribution in [1.29, 1.82) is 0 Å². The van der Waals surface area contributed by atoms with Crippen LogP contribution in [0.25, 0.3) is 5.65 Å². The van der Waals surface area contributed by atoms with Crippen molar-refractivity contribution in [3.05, 3.63) is 47.8 Å². The van der Waals surface area contributed by atoms with Gasteiger partial charge in [0.05, 0.1) is 6.61 Å². The van der Waals surface area contributed by atoms with Crippen LogP contribution in [0.1, 0.15) is 11.1 Å². The number of hydrogen-bond acceptors (Lipinski definition) is 6. The van der Waals surface area contributed by atoms with Crippen LogP contribution in [0.5, 0.6) is 5.75 Å². The summed E-state index contributed by atoms with van der Waals surface area (Å²) >= 11 is 0. The molecule has 134 valence electrons. The van der Waals surface area contributed by atoms with Crippen LogP contribution in [-0.2, 0) is 12.8 Å². The molecule has 0 unspecified atom stereocenters. The first-order valence-corrected chi connectivity index (χ1v) is 9.13. The predicted octanol–water partition coefficient (Wildman–Crippen LogP) is 1.42. The lowest BCUT2D eigenvalue weighted by Crippen LogP contribution is -2.59. The molecule has 2 aromatic heterocycles. The zero-order valence-corrected chi connectivity index (χ0v) is 14.9. The minimum absolute atomic E-state index is 0.575. The molecule has 7 heteroatoms. The topological polar surface area (TPSA) is 58.8 Å². The molecule has 26 heavy (non-hydrogen) atoms. The third kappa shape index (κ3) is 2.78. The Morgan fingerprint density at radius 3 is 3.08 bits per heavy atom. The van der Waals surface area contributed by atoms with Crippen LogP contribution in [0, 0.1) is 0 Å². The first-order valence-electron chi connectivity index (χ1n) is 9.13. The zero-order chi connectivity index (χ0) is 17.5. The van der Waals surface area contributed by atoms with Gasteiger partial charge in [0.25, 0.3) is 0 Å². The average molecular weight is 350 g/mol. The number of ether oxygens (including phenoxy) is 1. The van der Waals surface area contributed by atoms with Gasteiger partial charge in [-0.3, -0.25) is 4.90 Å². The Morgan fingerprint density at radius 1 is 1.23 bits per heavy atom. The summed E-state index contributed by atoms with van der Waals surface area (Å²) in [5.74, 6) is 2.05. The van der Waals surface area contributed by atoms with Gasteiger partial charge in [-0.15, -0.1) is 15.3 Å². The molecule has 1 fully saturated rings. The summed E-state index contributed by atoms with van der Waals surface area (Å²) < 4.78 is 7.31. The van der Waals surface area contributed by atoms with E-state index in [0.717, 1.165) is 56.3 Å². The monoisotopic (exact) mass is 350 g/mol. The molecule has 4 heterocycles. The lowest BCUT2D eigenvalue weighted by molar-refractivity contribution is 0.206. The molecule has 0 aliphatic carbocycles. The summed E-state index contributed by atoms with van der Waals surface area (Å²) in [6.07, 6.45) is 3.76. The van der Waals surface area contributed by atoms with Crippen LogP contribution < -0.4 is 9.64 Å². The molecule has 1 saturated heterocycles. The zero-order valence-electron chi connectivity index (χ0n) is 14.9. The van der Waals surface area contributed by atoms with E-state index < -0.39 is 0 Å². The van der Waals surface area contributed by atoms with Crippen LogP contribution >= 0.6 is 0 Å². The van der Waals surface area contributed by atoms with Gasteiger partial charge in [0.15, 0.2) is 5.65 Å². The summed E-state index contributed by atoms with van der Waals surface area (Å²) in [5.41, 5.74) is 3.54. The van der Waals surface area contributed by atoms with Crippen LogP contribution in [-0.4, -0.2) is 64.0 Å². The number of fused-ring (bicyclic) bond motifs is 2. The number of hydrogen-bond donors (Lipinski definition) is 0. The summed E-state index contributed by atoms with van der Waals surface area (Å²) in [5, 5.41) is 12.4. The normalized spacial score (nSPS) is 16.8. The van der Waals surface area contributed by atoms with Crippen molar-refractivity contribution >= 4 is 11.5 Å². The third-order valence-corrected chi connectivity index (χ3v) is 5.46. The lowest BCUT2D eigenvalue weighted by atomic mass is 10.0. The number of rotatable bonds is 5. The molecule has 2 aliphatic rings. The summed E-state index contributed by atoms with van der Waals surface area (Å²) in [6, 6.07) is 11.2. The van der Waals surface area contributed by atoms with E-state index in [9.17, 15) is 0 Å². The Kier molecular flexibility index (Phi) is 3.74. The van der Waals surface area contributed by atoms with Crippen molar-refractivity contribution < 1.29 is 4.74 Å². The fourth-order valence-corrected chi connectivity index (χ4v) is 3.69. The number of aromatic nitrogens is 4. The molecule has 0 bridgehead atoms. The molecular weight excluding hydrogens is 328 g/mol. The second kappa shape index (κ2) is 6.25. The maximum absolute atomic E-state index is 5.59. The molecule has 0 amide bonds. The minimum Gasteiger partial charge on any atom is -0.493 e. The van der Waals surface area contributed by atoms with E-state index in [4.69, 9.17) is 4.74 Å². The van der Waals surface area contributed by atoms with Crippen LogP contribution in [0.4, 0.5) is 5.82 Å². The molecule has 5 rings (SSSR count). The first kappa shape index (κ1) is 15.6. The van der Waals surface area contributed by atoms with Crippen LogP contribution in [0.2, 0.25) is 0 Å². The maximum atomic E-state index is 5.59. The highest BCUT2D eigenvalue weighted by molar-refractivity contribution is 5.47. The smallest absolute Gasteiger partial charge is 0.177 e. The van der Waals surface area contributed by atoms with Crippen molar-refractivity contribution in [2.24, 2.45) is 0 Å². The van der Waals surface area contributed by atoms with E-state index in [2.05, 4.69) is 50.3 Å². The van der Waals surface area contributed by atoms with E-state index in [-0.39, 0.29) is 0 Å². The van der Waals surface area contributed by atoms with Gasteiger partial charge in [0, 0.05) is 32.1 Å². The summed E-state index contributed by atoms with van der Waals surface area (Å²) in [7, 11) is 2.22. The second-order valence-corrected chi connectivity index (χ2v) is 7.16. The second-order valence-electron chi connectivity index (χ2n) is 7.16. The van der Waals surface area contributed by atoms with Crippen molar-refractivity contribution in [3.63, 3.8) is 0 Å². The quantitative estimate of drug-likeness (QED) is 0.694. The SMILES string of the molecule is CN(CCc1ccc2c(c1)CCO2)C1CN(c2ccc3nncn3n2)C1. The van der Waals surface area contributed by atoms with Gasteiger partial charge in [0.1, 0.15) is 17.9 Å². The molecule has 0 atom stereocenters. The van der Waals surface area contributed by atoms with Crippen molar-refractivity contribution in [1.82, 2.24) is 24.7 Å². The van der Waals surface area contributed by atoms with E-state index in [1.165, 1.54) is 11.1 Å². The Labute approximate surface area is 152 Å².